The topological polar surface area (TPSA) is 50.9 Å². The van der Waals surface area contributed by atoms with Gasteiger partial charge in [0.15, 0.2) is 0 Å². The molecule has 4 nitrogen and oxygen atoms in total. The fraction of sp³-hybridized carbons (Fsp3) is 0.200. The summed E-state index contributed by atoms with van der Waals surface area (Å²) in [6.45, 7) is 1.90. The van der Waals surface area contributed by atoms with E-state index in [1.807, 2.05) is 25.1 Å². The van der Waals surface area contributed by atoms with E-state index in [0.717, 1.165) is 21.1 Å². The molecule has 0 saturated carbocycles. The summed E-state index contributed by atoms with van der Waals surface area (Å²) in [7, 11) is 0. The van der Waals surface area contributed by atoms with Crippen molar-refractivity contribution < 1.29 is 5.11 Å². The van der Waals surface area contributed by atoms with E-state index < -0.39 is 0 Å². The molecule has 22 heavy (non-hydrogen) atoms. The highest BCUT2D eigenvalue weighted by molar-refractivity contribution is 9.10. The van der Waals surface area contributed by atoms with Crippen LogP contribution in [0.4, 0.5) is 0 Å². The Hall–Kier alpha value is -1.14. The Morgan fingerprint density at radius 1 is 1.27 bits per heavy atom. The number of rotatable bonds is 3. The lowest BCUT2D eigenvalue weighted by molar-refractivity contribution is 0.283. The van der Waals surface area contributed by atoms with Crippen LogP contribution in [-0.2, 0) is 6.61 Å². The second kappa shape index (κ2) is 6.16. The first-order chi connectivity index (χ1) is 10.5. The van der Waals surface area contributed by atoms with Gasteiger partial charge in [0.1, 0.15) is 5.52 Å². The summed E-state index contributed by atoms with van der Waals surface area (Å²) in [6.07, 6.45) is 0. The summed E-state index contributed by atoms with van der Waals surface area (Å²) >= 11 is 15.7. The highest BCUT2D eigenvalue weighted by Crippen LogP contribution is 2.31. The van der Waals surface area contributed by atoms with Crippen molar-refractivity contribution in [3.05, 3.63) is 56.0 Å². The lowest BCUT2D eigenvalue weighted by atomic mass is 10.1. The van der Waals surface area contributed by atoms with Crippen molar-refractivity contribution in [1.29, 1.82) is 0 Å². The van der Waals surface area contributed by atoms with E-state index in [-0.39, 0.29) is 12.6 Å². The SMILES string of the molecule is C[C@H](c1ccc(Cl)cc1Cl)n1nnc2c(CO)cc(Br)cc21. The van der Waals surface area contributed by atoms with Crippen LogP contribution in [0.15, 0.2) is 34.8 Å². The van der Waals surface area contributed by atoms with Gasteiger partial charge in [-0.05, 0) is 36.8 Å². The molecule has 114 valence electrons. The van der Waals surface area contributed by atoms with Gasteiger partial charge in [-0.15, -0.1) is 5.10 Å². The molecule has 0 spiro atoms. The maximum Gasteiger partial charge on any atom is 0.118 e. The molecular formula is C15H12BrCl2N3O. The predicted molar refractivity (Wildman–Crippen MR) is 91.4 cm³/mol. The molecule has 3 rings (SSSR count). The minimum absolute atomic E-state index is 0.0925. The monoisotopic (exact) mass is 399 g/mol. The van der Waals surface area contributed by atoms with Gasteiger partial charge in [-0.1, -0.05) is 50.4 Å². The number of fused-ring (bicyclic) bond motifs is 1. The first kappa shape index (κ1) is 15.7. The van der Waals surface area contributed by atoms with Crippen molar-refractivity contribution in [3.63, 3.8) is 0 Å². The van der Waals surface area contributed by atoms with Crippen molar-refractivity contribution in [1.82, 2.24) is 15.0 Å². The number of aliphatic hydroxyl groups is 1. The molecule has 1 N–H and O–H groups in total. The molecular weight excluding hydrogens is 389 g/mol. The molecule has 3 aromatic rings. The summed E-state index contributed by atoms with van der Waals surface area (Å²) in [6, 6.07) is 9.04. The van der Waals surface area contributed by atoms with Gasteiger partial charge < -0.3 is 5.11 Å². The van der Waals surface area contributed by atoms with Crippen LogP contribution in [0.1, 0.15) is 24.1 Å². The maximum atomic E-state index is 9.47. The molecule has 0 fully saturated rings. The van der Waals surface area contributed by atoms with Gasteiger partial charge in [0, 0.05) is 20.1 Å². The van der Waals surface area contributed by atoms with Crippen LogP contribution in [-0.4, -0.2) is 20.1 Å². The van der Waals surface area contributed by atoms with E-state index in [0.29, 0.717) is 15.6 Å². The van der Waals surface area contributed by atoms with E-state index in [9.17, 15) is 5.11 Å². The molecule has 0 unspecified atom stereocenters. The predicted octanol–water partition coefficient (Wildman–Crippen LogP) is 4.60. The second-order valence-corrected chi connectivity index (χ2v) is 6.73. The fourth-order valence-corrected chi connectivity index (χ4v) is 3.51. The van der Waals surface area contributed by atoms with E-state index in [1.165, 1.54) is 0 Å². The molecule has 0 radical (unpaired) electrons. The molecule has 0 amide bonds. The molecule has 7 heteroatoms. The Kier molecular flexibility index (Phi) is 4.41. The zero-order chi connectivity index (χ0) is 15.9. The van der Waals surface area contributed by atoms with E-state index in [2.05, 4.69) is 26.2 Å². The molecule has 0 bridgehead atoms. The largest absolute Gasteiger partial charge is 0.392 e. The normalized spacial score (nSPS) is 12.8. The lowest BCUT2D eigenvalue weighted by Crippen LogP contribution is -2.09. The van der Waals surface area contributed by atoms with Gasteiger partial charge in [-0.2, -0.15) is 0 Å². The molecule has 0 aliphatic rings. The van der Waals surface area contributed by atoms with Crippen molar-refractivity contribution in [2.24, 2.45) is 0 Å². The zero-order valence-corrected chi connectivity index (χ0v) is 14.7. The third kappa shape index (κ3) is 2.74. The van der Waals surface area contributed by atoms with Crippen LogP contribution in [0.25, 0.3) is 11.0 Å². The average Bonchev–Trinajstić information content (AvgIpc) is 2.89. The first-order valence-electron chi connectivity index (χ1n) is 6.60. The number of nitrogens with zero attached hydrogens (tertiary/aromatic N) is 3. The molecule has 1 heterocycles. The van der Waals surface area contributed by atoms with Gasteiger partial charge in [0.2, 0.25) is 0 Å². The summed E-state index contributed by atoms with van der Waals surface area (Å²) in [5.41, 5.74) is 3.15. The standard InChI is InChI=1S/C15H12BrCl2N3O/c1-8(12-3-2-11(17)6-13(12)18)21-14-5-10(16)4-9(7-22)15(14)19-20-21/h2-6,8,22H,7H2,1H3/t8-/m1/s1. The smallest absolute Gasteiger partial charge is 0.118 e. The minimum atomic E-state index is -0.115. The van der Waals surface area contributed by atoms with E-state index in [4.69, 9.17) is 23.2 Å². The fourth-order valence-electron chi connectivity index (χ4n) is 2.45. The van der Waals surface area contributed by atoms with Crippen molar-refractivity contribution in [3.8, 4) is 0 Å². The second-order valence-electron chi connectivity index (χ2n) is 4.97. The summed E-state index contributed by atoms with van der Waals surface area (Å²) < 4.78 is 2.65. The van der Waals surface area contributed by atoms with Crippen LogP contribution in [0.2, 0.25) is 10.0 Å². The van der Waals surface area contributed by atoms with Crippen molar-refractivity contribution >= 4 is 50.2 Å². The van der Waals surface area contributed by atoms with Crippen molar-refractivity contribution in [2.75, 3.05) is 0 Å². The van der Waals surface area contributed by atoms with Gasteiger partial charge in [0.05, 0.1) is 18.2 Å². The molecule has 1 aromatic heterocycles. The zero-order valence-electron chi connectivity index (χ0n) is 11.6. The van der Waals surface area contributed by atoms with Gasteiger partial charge >= 0.3 is 0 Å². The average molecular weight is 401 g/mol. The van der Waals surface area contributed by atoms with Crippen molar-refractivity contribution in [2.45, 2.75) is 19.6 Å². The van der Waals surface area contributed by atoms with Crippen LogP contribution in [0.3, 0.4) is 0 Å². The van der Waals surface area contributed by atoms with E-state index in [1.54, 1.807) is 16.8 Å². The highest BCUT2D eigenvalue weighted by Gasteiger charge is 2.18. The lowest BCUT2D eigenvalue weighted by Gasteiger charge is -2.15. The molecule has 0 aliphatic carbocycles. The van der Waals surface area contributed by atoms with Crippen LogP contribution in [0.5, 0.6) is 0 Å². The van der Waals surface area contributed by atoms with Crippen LogP contribution >= 0.6 is 39.1 Å². The van der Waals surface area contributed by atoms with E-state index >= 15 is 0 Å². The number of aliphatic hydroxyl groups excluding tert-OH is 1. The Labute approximate surface area is 145 Å². The molecule has 1 atom stereocenters. The highest BCUT2D eigenvalue weighted by atomic mass is 79.9. The van der Waals surface area contributed by atoms with Crippen LogP contribution < -0.4 is 0 Å². The summed E-state index contributed by atoms with van der Waals surface area (Å²) in [5, 5.41) is 19.1. The Bertz CT molecular complexity index is 850. The summed E-state index contributed by atoms with van der Waals surface area (Å²) in [5.74, 6) is 0. The number of aromatic nitrogens is 3. The van der Waals surface area contributed by atoms with Crippen LogP contribution in [0, 0.1) is 0 Å². The Balaban J connectivity index is 2.15. The van der Waals surface area contributed by atoms with Gasteiger partial charge in [-0.3, -0.25) is 0 Å². The van der Waals surface area contributed by atoms with Gasteiger partial charge in [0.25, 0.3) is 0 Å². The minimum Gasteiger partial charge on any atom is -0.392 e. The molecule has 0 saturated heterocycles. The Morgan fingerprint density at radius 3 is 2.73 bits per heavy atom. The number of halogens is 3. The summed E-state index contributed by atoms with van der Waals surface area (Å²) in [4.78, 5) is 0. The Morgan fingerprint density at radius 2 is 2.05 bits per heavy atom. The third-order valence-electron chi connectivity index (χ3n) is 3.57. The molecule has 2 aromatic carbocycles. The maximum absolute atomic E-state index is 9.47. The number of hydrogen-bond donors (Lipinski definition) is 1. The number of hydrogen-bond acceptors (Lipinski definition) is 3. The first-order valence-corrected chi connectivity index (χ1v) is 8.15. The molecule has 0 aliphatic heterocycles. The quantitative estimate of drug-likeness (QED) is 0.698. The van der Waals surface area contributed by atoms with Gasteiger partial charge in [-0.25, -0.2) is 4.68 Å². The number of benzene rings is 2. The third-order valence-corrected chi connectivity index (χ3v) is 4.59.